The van der Waals surface area contributed by atoms with Crippen LogP contribution in [0.1, 0.15) is 24.8 Å². The summed E-state index contributed by atoms with van der Waals surface area (Å²) in [6.07, 6.45) is 2.31. The van der Waals surface area contributed by atoms with Gasteiger partial charge in [0.25, 0.3) is 0 Å². The fourth-order valence-electron chi connectivity index (χ4n) is 2.54. The third-order valence-corrected chi connectivity index (χ3v) is 3.71. The molecule has 1 aliphatic heterocycles. The van der Waals surface area contributed by atoms with Gasteiger partial charge in [0.15, 0.2) is 0 Å². The van der Waals surface area contributed by atoms with Crippen molar-refractivity contribution >= 4 is 0 Å². The Labute approximate surface area is 120 Å². The molecule has 0 aliphatic carbocycles. The second kappa shape index (κ2) is 7.28. The molecule has 0 saturated carbocycles. The number of fused-ring (bicyclic) bond motifs is 1. The van der Waals surface area contributed by atoms with Gasteiger partial charge in [-0.05, 0) is 18.9 Å². The van der Waals surface area contributed by atoms with E-state index in [1.807, 2.05) is 24.3 Å². The van der Waals surface area contributed by atoms with Crippen LogP contribution in [0.5, 0.6) is 5.75 Å². The second-order valence-electron chi connectivity index (χ2n) is 5.00. The van der Waals surface area contributed by atoms with Crippen molar-refractivity contribution in [2.24, 2.45) is 0 Å². The molecule has 1 unspecified atom stereocenters. The van der Waals surface area contributed by atoms with Crippen molar-refractivity contribution in [3.63, 3.8) is 0 Å². The normalized spacial score (nSPS) is 20.8. The van der Waals surface area contributed by atoms with Crippen molar-refractivity contribution in [3.8, 4) is 11.8 Å². The topological polar surface area (TPSA) is 51.5 Å². The van der Waals surface area contributed by atoms with Gasteiger partial charge in [0.05, 0.1) is 18.1 Å². The molecule has 2 rings (SSSR count). The number of methoxy groups -OCH3 is 1. The van der Waals surface area contributed by atoms with Crippen LogP contribution in [0.2, 0.25) is 0 Å². The maximum Gasteiger partial charge on any atom is 0.124 e. The highest BCUT2D eigenvalue weighted by molar-refractivity contribution is 5.45. The zero-order valence-electron chi connectivity index (χ0n) is 11.9. The highest BCUT2D eigenvalue weighted by Gasteiger charge is 2.37. The van der Waals surface area contributed by atoms with Crippen LogP contribution in [0.25, 0.3) is 0 Å². The second-order valence-corrected chi connectivity index (χ2v) is 5.00. The van der Waals surface area contributed by atoms with Crippen molar-refractivity contribution in [3.05, 3.63) is 29.8 Å². The molecule has 108 valence electrons. The van der Waals surface area contributed by atoms with Crippen LogP contribution in [-0.4, -0.2) is 33.5 Å². The molecular weight excluding hydrogens is 254 g/mol. The summed E-state index contributed by atoms with van der Waals surface area (Å²) >= 11 is 0. The van der Waals surface area contributed by atoms with E-state index < -0.39 is 5.41 Å². The fourth-order valence-corrected chi connectivity index (χ4v) is 2.54. The third kappa shape index (κ3) is 3.30. The third-order valence-electron chi connectivity index (χ3n) is 3.71. The molecule has 1 aromatic carbocycles. The molecule has 0 saturated heterocycles. The van der Waals surface area contributed by atoms with Gasteiger partial charge < -0.3 is 14.2 Å². The van der Waals surface area contributed by atoms with Gasteiger partial charge in [-0.2, -0.15) is 5.26 Å². The standard InChI is InChI=1S/C16H21NO3/c1-18-9-4-10-19-11-7-16(13-17)8-12-20-15-6-3-2-5-14(15)16/h2-3,5-6H,4,7-12H2,1H3. The SMILES string of the molecule is COCCCOCCC1(C#N)CCOc2ccccc21. The summed E-state index contributed by atoms with van der Waals surface area (Å²) in [7, 11) is 1.68. The molecule has 4 heteroatoms. The van der Waals surface area contributed by atoms with Gasteiger partial charge in [0.2, 0.25) is 0 Å². The first-order valence-corrected chi connectivity index (χ1v) is 7.03. The Morgan fingerprint density at radius 3 is 2.95 bits per heavy atom. The Balaban J connectivity index is 1.96. The lowest BCUT2D eigenvalue weighted by atomic mass is 9.75. The molecule has 0 radical (unpaired) electrons. The molecule has 0 fully saturated rings. The Morgan fingerprint density at radius 1 is 1.30 bits per heavy atom. The van der Waals surface area contributed by atoms with Gasteiger partial charge in [0, 0.05) is 38.9 Å². The minimum atomic E-state index is -0.476. The van der Waals surface area contributed by atoms with Crippen LogP contribution in [0.4, 0.5) is 0 Å². The lowest BCUT2D eigenvalue weighted by molar-refractivity contribution is 0.0892. The number of para-hydroxylation sites is 1. The molecule has 0 N–H and O–H groups in total. The van der Waals surface area contributed by atoms with Gasteiger partial charge in [-0.25, -0.2) is 0 Å². The first kappa shape index (κ1) is 14.8. The summed E-state index contributed by atoms with van der Waals surface area (Å²) in [5.74, 6) is 0.833. The van der Waals surface area contributed by atoms with E-state index in [2.05, 4.69) is 6.07 Å². The fraction of sp³-hybridized carbons (Fsp3) is 0.562. The van der Waals surface area contributed by atoms with Gasteiger partial charge in [0.1, 0.15) is 5.75 Å². The number of nitrogens with zero attached hydrogens (tertiary/aromatic N) is 1. The number of hydrogen-bond acceptors (Lipinski definition) is 4. The highest BCUT2D eigenvalue weighted by Crippen LogP contribution is 2.40. The molecule has 0 aromatic heterocycles. The van der Waals surface area contributed by atoms with Gasteiger partial charge in [-0.15, -0.1) is 0 Å². The zero-order valence-corrected chi connectivity index (χ0v) is 11.9. The predicted molar refractivity (Wildman–Crippen MR) is 75.8 cm³/mol. The molecule has 4 nitrogen and oxygen atoms in total. The Bertz CT molecular complexity index is 469. The van der Waals surface area contributed by atoms with Crippen molar-refractivity contribution in [1.82, 2.24) is 0 Å². The quantitative estimate of drug-likeness (QED) is 0.718. The summed E-state index contributed by atoms with van der Waals surface area (Å²) in [5, 5.41) is 9.65. The number of nitriles is 1. The predicted octanol–water partition coefficient (Wildman–Crippen LogP) is 2.67. The Kier molecular flexibility index (Phi) is 5.40. The lowest BCUT2D eigenvalue weighted by Gasteiger charge is -2.33. The van der Waals surface area contributed by atoms with Gasteiger partial charge in [-0.3, -0.25) is 0 Å². The maximum atomic E-state index is 9.65. The molecule has 1 heterocycles. The molecule has 0 amide bonds. The minimum absolute atomic E-state index is 0.476. The van der Waals surface area contributed by atoms with Gasteiger partial charge in [-0.1, -0.05) is 18.2 Å². The van der Waals surface area contributed by atoms with Crippen LogP contribution in [0.15, 0.2) is 24.3 Å². The number of hydrogen-bond donors (Lipinski definition) is 0. The average molecular weight is 275 g/mol. The van der Waals surface area contributed by atoms with E-state index in [1.54, 1.807) is 7.11 Å². The maximum absolute atomic E-state index is 9.65. The Hall–Kier alpha value is -1.57. The molecule has 1 atom stereocenters. The van der Waals surface area contributed by atoms with Crippen LogP contribution < -0.4 is 4.74 Å². The van der Waals surface area contributed by atoms with E-state index in [4.69, 9.17) is 14.2 Å². The highest BCUT2D eigenvalue weighted by atomic mass is 16.5. The summed E-state index contributed by atoms with van der Waals surface area (Å²) in [5.41, 5.74) is 0.519. The average Bonchev–Trinajstić information content (AvgIpc) is 2.51. The van der Waals surface area contributed by atoms with E-state index in [1.165, 1.54) is 0 Å². The van der Waals surface area contributed by atoms with E-state index in [0.717, 1.165) is 24.2 Å². The van der Waals surface area contributed by atoms with Crippen molar-refractivity contribution in [2.45, 2.75) is 24.7 Å². The largest absolute Gasteiger partial charge is 0.493 e. The van der Waals surface area contributed by atoms with Crippen molar-refractivity contribution < 1.29 is 14.2 Å². The zero-order chi connectivity index (χ0) is 14.3. The molecule has 0 bridgehead atoms. The Morgan fingerprint density at radius 2 is 2.15 bits per heavy atom. The van der Waals surface area contributed by atoms with E-state index in [0.29, 0.717) is 32.8 Å². The number of rotatable bonds is 7. The van der Waals surface area contributed by atoms with Crippen molar-refractivity contribution in [1.29, 1.82) is 5.26 Å². The van der Waals surface area contributed by atoms with E-state index in [-0.39, 0.29) is 0 Å². The smallest absolute Gasteiger partial charge is 0.124 e. The van der Waals surface area contributed by atoms with Crippen LogP contribution in [-0.2, 0) is 14.9 Å². The van der Waals surface area contributed by atoms with Crippen LogP contribution >= 0.6 is 0 Å². The summed E-state index contributed by atoms with van der Waals surface area (Å²) in [4.78, 5) is 0. The number of ether oxygens (including phenoxy) is 3. The molecule has 0 spiro atoms. The summed E-state index contributed by atoms with van der Waals surface area (Å²) in [6.45, 7) is 2.56. The molecule has 1 aromatic rings. The monoisotopic (exact) mass is 275 g/mol. The van der Waals surface area contributed by atoms with E-state index >= 15 is 0 Å². The van der Waals surface area contributed by atoms with Crippen molar-refractivity contribution in [2.75, 3.05) is 33.5 Å². The molecular formula is C16H21NO3. The van der Waals surface area contributed by atoms with Crippen LogP contribution in [0.3, 0.4) is 0 Å². The first-order chi connectivity index (χ1) is 9.82. The minimum Gasteiger partial charge on any atom is -0.493 e. The summed E-state index contributed by atoms with van der Waals surface area (Å²) in [6, 6.07) is 10.3. The van der Waals surface area contributed by atoms with Crippen LogP contribution in [0, 0.1) is 11.3 Å². The lowest BCUT2D eigenvalue weighted by Crippen LogP contribution is -2.32. The van der Waals surface area contributed by atoms with E-state index in [9.17, 15) is 5.26 Å². The summed E-state index contributed by atoms with van der Waals surface area (Å²) < 4.78 is 16.2. The first-order valence-electron chi connectivity index (χ1n) is 7.03. The van der Waals surface area contributed by atoms with Gasteiger partial charge >= 0.3 is 0 Å². The molecule has 1 aliphatic rings. The molecule has 20 heavy (non-hydrogen) atoms. The number of benzene rings is 1.